The molecule has 15 heavy (non-hydrogen) atoms. The Morgan fingerprint density at radius 3 is 2.53 bits per heavy atom. The number of rotatable bonds is 5. The molecule has 1 aromatic rings. The molecule has 3 nitrogen and oxygen atoms in total. The molecular formula is C12H23N3. The average molecular weight is 209 g/mol. The second kappa shape index (κ2) is 5.31. The normalized spacial score (nSPS) is 13.5. The Labute approximate surface area is 92.9 Å². The predicted octanol–water partition coefficient (Wildman–Crippen LogP) is 2.38. The summed E-state index contributed by atoms with van der Waals surface area (Å²) in [6.07, 6.45) is 1.11. The van der Waals surface area contributed by atoms with Crippen LogP contribution in [0, 0.1) is 5.92 Å². The highest BCUT2D eigenvalue weighted by Crippen LogP contribution is 2.15. The van der Waals surface area contributed by atoms with Gasteiger partial charge in [-0.05, 0) is 39.3 Å². The third-order valence-corrected chi connectivity index (χ3v) is 2.68. The van der Waals surface area contributed by atoms with Crippen LogP contribution in [0.2, 0.25) is 0 Å². The predicted molar refractivity (Wildman–Crippen MR) is 63.9 cm³/mol. The summed E-state index contributed by atoms with van der Waals surface area (Å²) >= 11 is 0. The summed E-state index contributed by atoms with van der Waals surface area (Å²) in [6, 6.07) is 2.56. The van der Waals surface area contributed by atoms with E-state index in [0.29, 0.717) is 12.0 Å². The molecule has 1 aromatic heterocycles. The van der Waals surface area contributed by atoms with E-state index < -0.39 is 0 Å². The van der Waals surface area contributed by atoms with E-state index in [2.05, 4.69) is 48.9 Å². The maximum Gasteiger partial charge on any atom is 0.0793 e. The van der Waals surface area contributed by atoms with Gasteiger partial charge >= 0.3 is 0 Å². The minimum atomic E-state index is 0.337. The van der Waals surface area contributed by atoms with Crippen molar-refractivity contribution in [3.63, 3.8) is 0 Å². The highest BCUT2D eigenvalue weighted by molar-refractivity contribution is 5.14. The molecule has 0 saturated heterocycles. The minimum absolute atomic E-state index is 0.337. The molecule has 0 aliphatic rings. The summed E-state index contributed by atoms with van der Waals surface area (Å²) < 4.78 is 2.11. The van der Waals surface area contributed by atoms with Crippen molar-refractivity contribution in [1.29, 1.82) is 0 Å². The fourth-order valence-electron chi connectivity index (χ4n) is 1.69. The van der Waals surface area contributed by atoms with Crippen LogP contribution in [0.25, 0.3) is 0 Å². The first-order valence-corrected chi connectivity index (χ1v) is 5.82. The maximum atomic E-state index is 4.61. The molecule has 1 atom stereocenters. The number of aromatic nitrogens is 2. The standard InChI is InChI=1S/C12H23N3/c1-6-15-11(7-9(2)3)8-12(14-15)10(4)13-5/h8-10,13H,6-7H2,1-5H3. The lowest BCUT2D eigenvalue weighted by Crippen LogP contribution is -2.13. The van der Waals surface area contributed by atoms with Crippen molar-refractivity contribution < 1.29 is 0 Å². The fraction of sp³-hybridized carbons (Fsp3) is 0.750. The first-order chi connectivity index (χ1) is 7.08. The van der Waals surface area contributed by atoms with Gasteiger partial charge in [0, 0.05) is 18.3 Å². The lowest BCUT2D eigenvalue weighted by molar-refractivity contribution is 0.548. The molecule has 1 N–H and O–H groups in total. The molecule has 0 amide bonds. The van der Waals surface area contributed by atoms with Gasteiger partial charge in [0.15, 0.2) is 0 Å². The SMILES string of the molecule is CCn1nc(C(C)NC)cc1CC(C)C. The van der Waals surface area contributed by atoms with Crippen LogP contribution in [0.3, 0.4) is 0 Å². The molecule has 0 fully saturated rings. The summed E-state index contributed by atoms with van der Waals surface area (Å²) in [5.41, 5.74) is 2.50. The quantitative estimate of drug-likeness (QED) is 0.807. The van der Waals surface area contributed by atoms with Gasteiger partial charge in [-0.25, -0.2) is 0 Å². The van der Waals surface area contributed by atoms with Crippen molar-refractivity contribution in [1.82, 2.24) is 15.1 Å². The molecule has 0 aromatic carbocycles. The Balaban J connectivity index is 2.89. The van der Waals surface area contributed by atoms with Gasteiger partial charge in [-0.2, -0.15) is 5.10 Å². The smallest absolute Gasteiger partial charge is 0.0793 e. The molecule has 1 heterocycles. The molecule has 0 bridgehead atoms. The van der Waals surface area contributed by atoms with E-state index in [9.17, 15) is 0 Å². The van der Waals surface area contributed by atoms with Gasteiger partial charge in [0.25, 0.3) is 0 Å². The molecule has 3 heteroatoms. The van der Waals surface area contributed by atoms with Crippen LogP contribution in [0.15, 0.2) is 6.07 Å². The topological polar surface area (TPSA) is 29.9 Å². The summed E-state index contributed by atoms with van der Waals surface area (Å²) in [5, 5.41) is 7.83. The van der Waals surface area contributed by atoms with Crippen LogP contribution in [0.4, 0.5) is 0 Å². The van der Waals surface area contributed by atoms with Crippen molar-refractivity contribution in [2.75, 3.05) is 7.05 Å². The van der Waals surface area contributed by atoms with Gasteiger partial charge in [-0.1, -0.05) is 13.8 Å². The zero-order valence-electron chi connectivity index (χ0n) is 10.5. The van der Waals surface area contributed by atoms with Gasteiger partial charge in [0.2, 0.25) is 0 Å². The second-order valence-electron chi connectivity index (χ2n) is 4.48. The number of nitrogens with zero attached hydrogens (tertiary/aromatic N) is 2. The third kappa shape index (κ3) is 3.06. The number of nitrogens with one attached hydrogen (secondary N) is 1. The molecular weight excluding hydrogens is 186 g/mol. The lowest BCUT2D eigenvalue weighted by atomic mass is 10.1. The van der Waals surface area contributed by atoms with Crippen LogP contribution in [-0.4, -0.2) is 16.8 Å². The Morgan fingerprint density at radius 2 is 2.07 bits per heavy atom. The molecule has 0 radical (unpaired) electrons. The van der Waals surface area contributed by atoms with E-state index >= 15 is 0 Å². The lowest BCUT2D eigenvalue weighted by Gasteiger charge is -2.06. The summed E-state index contributed by atoms with van der Waals surface area (Å²) in [7, 11) is 1.97. The van der Waals surface area contributed by atoms with E-state index in [1.165, 1.54) is 5.69 Å². The summed E-state index contributed by atoms with van der Waals surface area (Å²) in [4.78, 5) is 0. The van der Waals surface area contributed by atoms with Crippen molar-refractivity contribution in [2.45, 2.75) is 46.7 Å². The van der Waals surface area contributed by atoms with Gasteiger partial charge in [0.05, 0.1) is 5.69 Å². The summed E-state index contributed by atoms with van der Waals surface area (Å²) in [6.45, 7) is 9.73. The maximum absolute atomic E-state index is 4.61. The zero-order valence-corrected chi connectivity index (χ0v) is 10.5. The van der Waals surface area contributed by atoms with E-state index in [-0.39, 0.29) is 0 Å². The average Bonchev–Trinajstić information content (AvgIpc) is 2.59. The first-order valence-electron chi connectivity index (χ1n) is 5.82. The Bertz CT molecular complexity index is 302. The van der Waals surface area contributed by atoms with Crippen LogP contribution in [-0.2, 0) is 13.0 Å². The Morgan fingerprint density at radius 1 is 1.40 bits per heavy atom. The van der Waals surface area contributed by atoms with Gasteiger partial charge in [-0.3, -0.25) is 4.68 Å². The molecule has 0 saturated carbocycles. The number of hydrogen-bond donors (Lipinski definition) is 1. The fourth-order valence-corrected chi connectivity index (χ4v) is 1.69. The highest BCUT2D eigenvalue weighted by Gasteiger charge is 2.11. The Kier molecular flexibility index (Phi) is 4.33. The summed E-state index contributed by atoms with van der Waals surface area (Å²) in [5.74, 6) is 0.685. The molecule has 86 valence electrons. The van der Waals surface area contributed by atoms with Crippen LogP contribution < -0.4 is 5.32 Å². The van der Waals surface area contributed by atoms with Crippen molar-refractivity contribution in [2.24, 2.45) is 5.92 Å². The van der Waals surface area contributed by atoms with E-state index in [1.54, 1.807) is 0 Å². The molecule has 0 aliphatic carbocycles. The zero-order chi connectivity index (χ0) is 11.4. The van der Waals surface area contributed by atoms with Crippen LogP contribution >= 0.6 is 0 Å². The van der Waals surface area contributed by atoms with E-state index in [0.717, 1.165) is 18.7 Å². The van der Waals surface area contributed by atoms with Crippen molar-refractivity contribution in [3.8, 4) is 0 Å². The number of aryl methyl sites for hydroxylation is 1. The van der Waals surface area contributed by atoms with E-state index in [4.69, 9.17) is 0 Å². The van der Waals surface area contributed by atoms with Gasteiger partial charge < -0.3 is 5.32 Å². The second-order valence-corrected chi connectivity index (χ2v) is 4.48. The number of hydrogen-bond acceptors (Lipinski definition) is 2. The van der Waals surface area contributed by atoms with E-state index in [1.807, 2.05) is 7.05 Å². The Hall–Kier alpha value is -0.830. The minimum Gasteiger partial charge on any atom is -0.312 e. The van der Waals surface area contributed by atoms with Crippen LogP contribution in [0.1, 0.15) is 45.1 Å². The largest absolute Gasteiger partial charge is 0.312 e. The third-order valence-electron chi connectivity index (χ3n) is 2.68. The monoisotopic (exact) mass is 209 g/mol. The molecule has 1 rings (SSSR count). The molecule has 1 unspecified atom stereocenters. The highest BCUT2D eigenvalue weighted by atomic mass is 15.3. The molecule has 0 aliphatic heterocycles. The van der Waals surface area contributed by atoms with Gasteiger partial charge in [-0.15, -0.1) is 0 Å². The van der Waals surface area contributed by atoms with Crippen molar-refractivity contribution >= 4 is 0 Å². The molecule has 0 spiro atoms. The van der Waals surface area contributed by atoms with Crippen LogP contribution in [0.5, 0.6) is 0 Å². The van der Waals surface area contributed by atoms with Gasteiger partial charge in [0.1, 0.15) is 0 Å². The first kappa shape index (κ1) is 12.2. The van der Waals surface area contributed by atoms with Crippen molar-refractivity contribution in [3.05, 3.63) is 17.5 Å².